The SMILES string of the molecule is CN=C(NCC1CCN(CCOC)CC1)N(C)Cc1ncc(-c2ccccc2)[nH]1.I. The van der Waals surface area contributed by atoms with E-state index in [0.29, 0.717) is 12.5 Å². The zero-order valence-corrected chi connectivity index (χ0v) is 20.6. The first-order valence-electron chi connectivity index (χ1n) is 10.4. The predicted molar refractivity (Wildman–Crippen MR) is 133 cm³/mol. The molecule has 0 unspecified atom stereocenters. The number of piperidine rings is 1. The molecule has 166 valence electrons. The second-order valence-corrected chi connectivity index (χ2v) is 7.67. The second-order valence-electron chi connectivity index (χ2n) is 7.67. The zero-order valence-electron chi connectivity index (χ0n) is 18.3. The molecule has 8 heteroatoms. The highest BCUT2D eigenvalue weighted by Crippen LogP contribution is 2.17. The Kier molecular flexibility index (Phi) is 10.6. The van der Waals surface area contributed by atoms with Crippen LogP contribution >= 0.6 is 24.0 Å². The summed E-state index contributed by atoms with van der Waals surface area (Å²) in [5.74, 6) is 2.53. The fraction of sp³-hybridized carbons (Fsp3) is 0.545. The summed E-state index contributed by atoms with van der Waals surface area (Å²) in [4.78, 5) is 17.0. The lowest BCUT2D eigenvalue weighted by atomic mass is 9.97. The van der Waals surface area contributed by atoms with Gasteiger partial charge in [-0.3, -0.25) is 4.99 Å². The minimum absolute atomic E-state index is 0. The highest BCUT2D eigenvalue weighted by molar-refractivity contribution is 14.0. The van der Waals surface area contributed by atoms with Crippen LogP contribution in [0.3, 0.4) is 0 Å². The summed E-state index contributed by atoms with van der Waals surface area (Å²) in [6, 6.07) is 10.3. The van der Waals surface area contributed by atoms with E-state index in [2.05, 4.69) is 42.2 Å². The van der Waals surface area contributed by atoms with Crippen LogP contribution in [0.15, 0.2) is 41.5 Å². The molecule has 0 bridgehead atoms. The molecular weight excluding hydrogens is 491 g/mol. The van der Waals surface area contributed by atoms with E-state index in [1.165, 1.54) is 12.8 Å². The van der Waals surface area contributed by atoms with Crippen LogP contribution in [0.1, 0.15) is 18.7 Å². The Hall–Kier alpha value is -1.65. The van der Waals surface area contributed by atoms with Crippen molar-refractivity contribution in [1.29, 1.82) is 0 Å². The maximum atomic E-state index is 5.18. The fourth-order valence-electron chi connectivity index (χ4n) is 3.76. The maximum absolute atomic E-state index is 5.18. The number of hydrogen-bond acceptors (Lipinski definition) is 4. The summed E-state index contributed by atoms with van der Waals surface area (Å²) in [5.41, 5.74) is 2.19. The number of imidazole rings is 1. The van der Waals surface area contributed by atoms with Gasteiger partial charge in [-0.25, -0.2) is 4.98 Å². The number of aliphatic imine (C=N–C) groups is 1. The van der Waals surface area contributed by atoms with Crippen LogP contribution in [-0.2, 0) is 11.3 Å². The number of methoxy groups -OCH3 is 1. The Bertz CT molecular complexity index is 758. The minimum atomic E-state index is 0. The molecule has 30 heavy (non-hydrogen) atoms. The van der Waals surface area contributed by atoms with Crippen LogP contribution in [0.5, 0.6) is 0 Å². The molecule has 0 atom stereocenters. The Morgan fingerprint density at radius 3 is 2.70 bits per heavy atom. The summed E-state index contributed by atoms with van der Waals surface area (Å²) >= 11 is 0. The third-order valence-corrected chi connectivity index (χ3v) is 5.54. The van der Waals surface area contributed by atoms with Crippen molar-refractivity contribution in [2.24, 2.45) is 10.9 Å². The van der Waals surface area contributed by atoms with Gasteiger partial charge in [-0.1, -0.05) is 30.3 Å². The van der Waals surface area contributed by atoms with E-state index in [-0.39, 0.29) is 24.0 Å². The monoisotopic (exact) mass is 526 g/mol. The summed E-state index contributed by atoms with van der Waals surface area (Å²) in [6.07, 6.45) is 4.33. The lowest BCUT2D eigenvalue weighted by Gasteiger charge is -2.32. The molecule has 7 nitrogen and oxygen atoms in total. The van der Waals surface area contributed by atoms with Crippen molar-refractivity contribution in [1.82, 2.24) is 25.1 Å². The van der Waals surface area contributed by atoms with Gasteiger partial charge in [0.2, 0.25) is 0 Å². The van der Waals surface area contributed by atoms with Gasteiger partial charge in [0.05, 0.1) is 25.0 Å². The molecule has 1 aliphatic heterocycles. The molecule has 0 saturated carbocycles. The average Bonchev–Trinajstić information content (AvgIpc) is 3.22. The van der Waals surface area contributed by atoms with Crippen molar-refractivity contribution in [2.75, 3.05) is 54.0 Å². The molecule has 0 radical (unpaired) electrons. The number of hydrogen-bond donors (Lipinski definition) is 2. The second kappa shape index (κ2) is 12.9. The fourth-order valence-corrected chi connectivity index (χ4v) is 3.76. The highest BCUT2D eigenvalue weighted by atomic mass is 127. The number of rotatable bonds is 8. The molecule has 3 rings (SSSR count). The van der Waals surface area contributed by atoms with Gasteiger partial charge in [-0.15, -0.1) is 24.0 Å². The van der Waals surface area contributed by atoms with E-state index in [1.807, 2.05) is 38.5 Å². The number of benzene rings is 1. The predicted octanol–water partition coefficient (Wildman–Crippen LogP) is 3.06. The summed E-state index contributed by atoms with van der Waals surface area (Å²) in [7, 11) is 5.65. The molecule has 1 saturated heterocycles. The number of nitrogens with one attached hydrogen (secondary N) is 2. The van der Waals surface area contributed by atoms with Crippen molar-refractivity contribution >= 4 is 29.9 Å². The maximum Gasteiger partial charge on any atom is 0.193 e. The third kappa shape index (κ3) is 7.24. The van der Waals surface area contributed by atoms with Gasteiger partial charge in [-0.05, 0) is 37.4 Å². The number of guanidine groups is 1. The largest absolute Gasteiger partial charge is 0.383 e. The van der Waals surface area contributed by atoms with E-state index in [9.17, 15) is 0 Å². The van der Waals surface area contributed by atoms with Gasteiger partial charge in [0.25, 0.3) is 0 Å². The first-order chi connectivity index (χ1) is 14.2. The number of H-pyrrole nitrogens is 1. The van der Waals surface area contributed by atoms with Gasteiger partial charge in [0.1, 0.15) is 5.82 Å². The molecule has 1 aromatic carbocycles. The Balaban J connectivity index is 0.00000320. The normalized spacial score (nSPS) is 15.6. The van der Waals surface area contributed by atoms with Crippen molar-refractivity contribution in [3.05, 3.63) is 42.4 Å². The van der Waals surface area contributed by atoms with Crippen LogP contribution < -0.4 is 5.32 Å². The topological polar surface area (TPSA) is 68.8 Å². The van der Waals surface area contributed by atoms with Crippen molar-refractivity contribution in [3.8, 4) is 11.3 Å². The van der Waals surface area contributed by atoms with Crippen LogP contribution in [0, 0.1) is 5.92 Å². The van der Waals surface area contributed by atoms with E-state index in [4.69, 9.17) is 4.74 Å². The van der Waals surface area contributed by atoms with Crippen LogP contribution in [0.2, 0.25) is 0 Å². The van der Waals surface area contributed by atoms with Gasteiger partial charge in [-0.2, -0.15) is 0 Å². The Morgan fingerprint density at radius 1 is 1.30 bits per heavy atom. The molecular formula is C22H35IN6O. The first kappa shape index (κ1) is 24.6. The molecule has 0 aliphatic carbocycles. The molecule has 1 aromatic heterocycles. The van der Waals surface area contributed by atoms with E-state index < -0.39 is 0 Å². The number of aromatic nitrogens is 2. The van der Waals surface area contributed by atoms with Crippen LogP contribution in [0.4, 0.5) is 0 Å². The lowest BCUT2D eigenvalue weighted by molar-refractivity contribution is 0.120. The summed E-state index contributed by atoms with van der Waals surface area (Å²) < 4.78 is 5.18. The smallest absolute Gasteiger partial charge is 0.193 e. The highest BCUT2D eigenvalue weighted by Gasteiger charge is 2.19. The number of nitrogens with zero attached hydrogens (tertiary/aromatic N) is 4. The van der Waals surface area contributed by atoms with Gasteiger partial charge >= 0.3 is 0 Å². The van der Waals surface area contributed by atoms with E-state index >= 15 is 0 Å². The molecule has 2 aromatic rings. The molecule has 2 N–H and O–H groups in total. The summed E-state index contributed by atoms with van der Waals surface area (Å²) in [6.45, 7) is 5.80. The van der Waals surface area contributed by atoms with Gasteiger partial charge < -0.3 is 24.8 Å². The molecule has 0 amide bonds. The zero-order chi connectivity index (χ0) is 20.5. The van der Waals surface area contributed by atoms with Crippen molar-refractivity contribution in [2.45, 2.75) is 19.4 Å². The number of ether oxygens (including phenoxy) is 1. The molecule has 2 heterocycles. The number of halogens is 1. The van der Waals surface area contributed by atoms with Crippen LogP contribution in [-0.4, -0.2) is 79.7 Å². The Morgan fingerprint density at radius 2 is 2.03 bits per heavy atom. The minimum Gasteiger partial charge on any atom is -0.383 e. The number of aromatic amines is 1. The van der Waals surface area contributed by atoms with Crippen molar-refractivity contribution in [3.63, 3.8) is 0 Å². The van der Waals surface area contributed by atoms with Crippen molar-refractivity contribution < 1.29 is 4.74 Å². The summed E-state index contributed by atoms with van der Waals surface area (Å²) in [5, 5.41) is 3.55. The standard InChI is InChI=1S/C22H34N6O.HI/c1-23-22(25-15-18-9-11-28(12-10-18)13-14-29-3)27(2)17-21-24-16-20(26-21)19-7-5-4-6-8-19;/h4-8,16,18H,9-15,17H2,1-3H3,(H,23,25)(H,24,26);1H. The lowest BCUT2D eigenvalue weighted by Crippen LogP contribution is -2.43. The molecule has 0 spiro atoms. The Labute approximate surface area is 197 Å². The first-order valence-corrected chi connectivity index (χ1v) is 10.4. The van der Waals surface area contributed by atoms with Gasteiger partial charge in [0.15, 0.2) is 5.96 Å². The van der Waals surface area contributed by atoms with E-state index in [1.54, 1.807) is 7.11 Å². The van der Waals surface area contributed by atoms with Gasteiger partial charge in [0, 0.05) is 34.3 Å². The van der Waals surface area contributed by atoms with Crippen LogP contribution in [0.25, 0.3) is 11.3 Å². The molecule has 1 aliphatic rings. The quantitative estimate of drug-likeness (QED) is 0.315. The third-order valence-electron chi connectivity index (χ3n) is 5.54. The average molecular weight is 526 g/mol. The van der Waals surface area contributed by atoms with E-state index in [0.717, 1.165) is 55.8 Å². The number of likely N-dealkylation sites (tertiary alicyclic amines) is 1. The molecule has 1 fully saturated rings.